The molecule has 1 aromatic carbocycles. The highest BCUT2D eigenvalue weighted by atomic mass is 35.5. The second kappa shape index (κ2) is 14.9. The zero-order valence-electron chi connectivity index (χ0n) is 27.6. The third-order valence-electron chi connectivity index (χ3n) is 7.29. The lowest BCUT2D eigenvalue weighted by atomic mass is 9.97. The quantitative estimate of drug-likeness (QED) is 0.193. The molecule has 2 N–H and O–H groups in total. The first kappa shape index (κ1) is 34.2. The summed E-state index contributed by atoms with van der Waals surface area (Å²) in [5, 5.41) is 20.8. The average Bonchev–Trinajstić information content (AvgIpc) is 3.73. The number of carboxylic acids is 1. The zero-order valence-corrected chi connectivity index (χ0v) is 27.1. The number of aliphatic carboxylic acids is 1. The van der Waals surface area contributed by atoms with E-state index in [1.54, 1.807) is 0 Å². The van der Waals surface area contributed by atoms with Crippen molar-refractivity contribution in [2.75, 3.05) is 5.32 Å². The van der Waals surface area contributed by atoms with Crippen molar-refractivity contribution < 1.29 is 43.8 Å². The van der Waals surface area contributed by atoms with E-state index in [1.807, 2.05) is 0 Å². The van der Waals surface area contributed by atoms with Gasteiger partial charge in [-0.25, -0.2) is 23.5 Å². The number of alkyl halides is 5. The maximum Gasteiger partial charge on any atom is 0.490 e. The van der Waals surface area contributed by atoms with E-state index in [1.165, 1.54) is 48.3 Å². The second-order valence-corrected chi connectivity index (χ2v) is 11.4. The molecular weight excluding hydrogens is 735 g/mol. The molecule has 2 bridgehead atoms. The molecule has 0 radical (unpaired) electrons. The number of carbonyl (C=O) groups excluding carboxylic acids is 1. The number of pyridine rings is 1. The first-order chi connectivity index (χ1) is 24.9. The molecule has 0 saturated carbocycles. The van der Waals surface area contributed by atoms with Crippen LogP contribution in [0, 0.1) is 11.7 Å². The van der Waals surface area contributed by atoms with Gasteiger partial charge in [-0.05, 0) is 37.1 Å². The number of hydrogen-bond donors (Lipinski definition) is 2. The molecule has 2 unspecified atom stereocenters. The van der Waals surface area contributed by atoms with Gasteiger partial charge in [-0.2, -0.15) is 27.1 Å². The van der Waals surface area contributed by atoms with Gasteiger partial charge in [-0.3, -0.25) is 19.1 Å². The SMILES string of the molecule is O=C(O)C(F)(F)F.[2H]C1C[C@H](n2cnc(-c3c(-n4cc(Cl)nn4)ccc(Cl)c3F)cc2=O)c2cc(ccn2)-c2c(cnn2C(F)F)NC(=O)[C@H](C)C1[2H]. The smallest absolute Gasteiger partial charge is 0.475 e. The number of hydrogen-bond acceptors (Lipinski definition) is 8. The van der Waals surface area contributed by atoms with Gasteiger partial charge in [-0.15, -0.1) is 5.10 Å². The van der Waals surface area contributed by atoms with Gasteiger partial charge in [0.05, 0.1) is 63.8 Å². The topological polar surface area (TPSA) is 163 Å². The van der Waals surface area contributed by atoms with Crippen LogP contribution in [0.25, 0.3) is 28.2 Å². The Bertz CT molecular complexity index is 2240. The number of benzene rings is 1. The third-order valence-corrected chi connectivity index (χ3v) is 7.75. The fraction of sp³-hybridized carbons (Fsp3) is 0.267. The van der Waals surface area contributed by atoms with Crippen molar-refractivity contribution in [3.05, 3.63) is 87.3 Å². The highest BCUT2D eigenvalue weighted by Gasteiger charge is 2.38. The molecule has 5 aromatic rings. The highest BCUT2D eigenvalue weighted by molar-refractivity contribution is 6.31. The molecule has 0 spiro atoms. The number of nitrogens with one attached hydrogen (secondary N) is 1. The molecule has 51 heavy (non-hydrogen) atoms. The van der Waals surface area contributed by atoms with Crippen LogP contribution in [0.2, 0.25) is 10.2 Å². The Labute approximate surface area is 295 Å². The van der Waals surface area contributed by atoms with E-state index in [9.17, 15) is 31.5 Å². The number of halogens is 8. The summed E-state index contributed by atoms with van der Waals surface area (Å²) >= 11 is 12.0. The summed E-state index contributed by atoms with van der Waals surface area (Å²) in [5.41, 5.74) is -0.532. The predicted octanol–water partition coefficient (Wildman–Crippen LogP) is 6.57. The third kappa shape index (κ3) is 8.04. The summed E-state index contributed by atoms with van der Waals surface area (Å²) in [6.07, 6.45) is -2.87. The molecular formula is C30H23Cl2F6N9O4. The molecule has 4 aromatic heterocycles. The van der Waals surface area contributed by atoms with Crippen LogP contribution in [0.15, 0.2) is 60.0 Å². The Kier molecular flexibility index (Phi) is 9.98. The number of fused-ring (bicyclic) bond motifs is 4. The molecule has 1 amide bonds. The minimum atomic E-state index is -5.08. The summed E-state index contributed by atoms with van der Waals surface area (Å²) in [7, 11) is 0. The number of carboxylic acid groups (broad SMARTS) is 1. The maximum atomic E-state index is 15.4. The van der Waals surface area contributed by atoms with Crippen molar-refractivity contribution in [3.8, 4) is 28.2 Å². The zero-order chi connectivity index (χ0) is 38.9. The van der Waals surface area contributed by atoms with Gasteiger partial charge >= 0.3 is 18.7 Å². The Hall–Kier alpha value is -5.30. The summed E-state index contributed by atoms with van der Waals surface area (Å²) in [6.45, 7) is -1.60. The fourth-order valence-electron chi connectivity index (χ4n) is 4.91. The molecule has 21 heteroatoms. The molecule has 0 aliphatic carbocycles. The van der Waals surface area contributed by atoms with E-state index < -0.39 is 60.7 Å². The fourth-order valence-corrected chi connectivity index (χ4v) is 5.19. The number of rotatable bonds is 4. The van der Waals surface area contributed by atoms with Gasteiger partial charge in [0, 0.05) is 26.5 Å². The molecule has 5 heterocycles. The number of aromatic nitrogens is 8. The van der Waals surface area contributed by atoms with Crippen LogP contribution in [-0.2, 0) is 9.59 Å². The van der Waals surface area contributed by atoms with E-state index in [4.69, 9.17) is 35.8 Å². The van der Waals surface area contributed by atoms with Gasteiger partial charge in [-0.1, -0.05) is 41.7 Å². The Morgan fingerprint density at radius 3 is 2.51 bits per heavy atom. The largest absolute Gasteiger partial charge is 0.490 e. The van der Waals surface area contributed by atoms with Gasteiger partial charge in [0.25, 0.3) is 5.56 Å². The molecule has 6 rings (SSSR count). The molecule has 268 valence electrons. The highest BCUT2D eigenvalue weighted by Crippen LogP contribution is 2.36. The number of amides is 1. The van der Waals surface area contributed by atoms with E-state index in [-0.39, 0.29) is 56.2 Å². The van der Waals surface area contributed by atoms with E-state index in [0.717, 1.165) is 23.2 Å². The summed E-state index contributed by atoms with van der Waals surface area (Å²) < 4.78 is 95.3. The minimum Gasteiger partial charge on any atom is -0.475 e. The van der Waals surface area contributed by atoms with Crippen LogP contribution in [0.1, 0.15) is 47.2 Å². The molecule has 0 fully saturated rings. The molecule has 4 atom stereocenters. The summed E-state index contributed by atoms with van der Waals surface area (Å²) in [4.78, 5) is 44.4. The molecule has 1 aliphatic heterocycles. The lowest BCUT2D eigenvalue weighted by Gasteiger charge is -2.22. The minimum absolute atomic E-state index is 0.0173. The van der Waals surface area contributed by atoms with Crippen LogP contribution in [0.3, 0.4) is 0 Å². The van der Waals surface area contributed by atoms with Crippen molar-refractivity contribution >= 4 is 40.8 Å². The van der Waals surface area contributed by atoms with Crippen molar-refractivity contribution in [1.29, 1.82) is 0 Å². The van der Waals surface area contributed by atoms with Crippen molar-refractivity contribution in [2.24, 2.45) is 5.92 Å². The second-order valence-electron chi connectivity index (χ2n) is 10.6. The van der Waals surface area contributed by atoms with Crippen LogP contribution >= 0.6 is 23.2 Å². The monoisotopic (exact) mass is 759 g/mol. The van der Waals surface area contributed by atoms with E-state index in [0.29, 0.717) is 4.68 Å². The summed E-state index contributed by atoms with van der Waals surface area (Å²) in [6, 6.07) is 5.66. The van der Waals surface area contributed by atoms with Crippen molar-refractivity contribution in [1.82, 2.24) is 39.3 Å². The number of nitrogens with zero attached hydrogens (tertiary/aromatic N) is 8. The average molecular weight is 760 g/mol. The van der Waals surface area contributed by atoms with Gasteiger partial charge in [0.15, 0.2) is 11.0 Å². The van der Waals surface area contributed by atoms with Gasteiger partial charge in [0.1, 0.15) is 0 Å². The standard InChI is InChI=1S/C28H22Cl2F3N9O2.C2HF3O2/c1-14-3-2-4-20(17-9-15(7-8-34-17)26-19(37-27(14)44)11-36-42(26)28(32)33)40-13-35-18(10-23(40)43)24-21(6-5-16(29)25(24)31)41-12-22(30)38-39-41;3-2(4,5)1(6)7/h5-14,20,28H,2-4H2,1H3,(H,37,44);(H,6,7)/t14-,20+;/m1./s1/i2D,3D;/t2?,3?,14-,20+;. The Morgan fingerprint density at radius 2 is 1.88 bits per heavy atom. The maximum absolute atomic E-state index is 15.4. The molecule has 1 aliphatic rings. The van der Waals surface area contributed by atoms with Crippen LogP contribution in [0.5, 0.6) is 0 Å². The van der Waals surface area contributed by atoms with Crippen LogP contribution in [-0.4, -0.2) is 62.5 Å². The van der Waals surface area contributed by atoms with E-state index >= 15 is 4.39 Å². The van der Waals surface area contributed by atoms with Crippen molar-refractivity contribution in [2.45, 2.75) is 44.9 Å². The first-order valence-electron chi connectivity index (χ1n) is 15.5. The normalized spacial score (nSPS) is 19.8. The van der Waals surface area contributed by atoms with Crippen molar-refractivity contribution in [3.63, 3.8) is 0 Å². The molecule has 0 saturated heterocycles. The number of carbonyl (C=O) groups is 2. The lowest BCUT2D eigenvalue weighted by Crippen LogP contribution is -2.27. The van der Waals surface area contributed by atoms with Crippen LogP contribution in [0.4, 0.5) is 32.0 Å². The molecule has 13 nitrogen and oxygen atoms in total. The Morgan fingerprint density at radius 1 is 1.16 bits per heavy atom. The lowest BCUT2D eigenvalue weighted by molar-refractivity contribution is -0.192. The Balaban J connectivity index is 0.000000705. The van der Waals surface area contributed by atoms with E-state index in [2.05, 4.69) is 30.7 Å². The van der Waals surface area contributed by atoms with Gasteiger partial charge in [0.2, 0.25) is 5.91 Å². The van der Waals surface area contributed by atoms with Gasteiger partial charge < -0.3 is 10.4 Å². The number of anilines is 1. The first-order valence-corrected chi connectivity index (χ1v) is 15.1. The predicted molar refractivity (Wildman–Crippen MR) is 169 cm³/mol. The summed E-state index contributed by atoms with van der Waals surface area (Å²) in [5.74, 6) is -5.33. The van der Waals surface area contributed by atoms with Crippen LogP contribution < -0.4 is 10.9 Å².